The van der Waals surface area contributed by atoms with Gasteiger partial charge in [-0.3, -0.25) is 4.79 Å². The third kappa shape index (κ3) is 9.39. The molecule has 0 saturated carbocycles. The fourth-order valence-corrected chi connectivity index (χ4v) is 2.59. The summed E-state index contributed by atoms with van der Waals surface area (Å²) in [5.41, 5.74) is 0.936. The lowest BCUT2D eigenvalue weighted by molar-refractivity contribution is -0.146. The van der Waals surface area contributed by atoms with Crippen LogP contribution >= 0.6 is 0 Å². The SMILES string of the molecule is CC[C@H](C)[C@H](NC(=O)CCCCCNC(=O)OCc1ccccc1)C(=O)OC. The first kappa shape index (κ1) is 23.5. The van der Waals surface area contributed by atoms with E-state index >= 15 is 0 Å². The van der Waals surface area contributed by atoms with Crippen LogP contribution in [0.4, 0.5) is 4.79 Å². The summed E-state index contributed by atoms with van der Waals surface area (Å²) in [6.07, 6.45) is 2.88. The van der Waals surface area contributed by atoms with Gasteiger partial charge in [0.2, 0.25) is 5.91 Å². The van der Waals surface area contributed by atoms with Crippen LogP contribution < -0.4 is 10.6 Å². The molecule has 7 nitrogen and oxygen atoms in total. The molecule has 0 heterocycles. The Bertz CT molecular complexity index is 606. The number of esters is 1. The van der Waals surface area contributed by atoms with E-state index < -0.39 is 18.1 Å². The van der Waals surface area contributed by atoms with Crippen molar-refractivity contribution in [1.29, 1.82) is 0 Å². The van der Waals surface area contributed by atoms with Gasteiger partial charge in [-0.15, -0.1) is 0 Å². The van der Waals surface area contributed by atoms with Crippen LogP contribution in [0.2, 0.25) is 0 Å². The zero-order chi connectivity index (χ0) is 20.8. The number of methoxy groups -OCH3 is 1. The molecule has 28 heavy (non-hydrogen) atoms. The van der Waals surface area contributed by atoms with E-state index in [1.807, 2.05) is 44.2 Å². The minimum atomic E-state index is -0.608. The molecule has 0 bridgehead atoms. The first-order valence-corrected chi connectivity index (χ1v) is 9.79. The monoisotopic (exact) mass is 392 g/mol. The number of rotatable bonds is 12. The molecule has 0 aliphatic heterocycles. The number of hydrogen-bond donors (Lipinski definition) is 2. The first-order valence-electron chi connectivity index (χ1n) is 9.79. The minimum absolute atomic E-state index is 0.0162. The number of nitrogens with one attached hydrogen (secondary N) is 2. The molecule has 1 aromatic rings. The quantitative estimate of drug-likeness (QED) is 0.421. The maximum atomic E-state index is 12.0. The van der Waals surface area contributed by atoms with Crippen LogP contribution in [0.5, 0.6) is 0 Å². The fourth-order valence-electron chi connectivity index (χ4n) is 2.59. The van der Waals surface area contributed by atoms with Crippen LogP contribution in [-0.2, 0) is 25.7 Å². The Morgan fingerprint density at radius 1 is 1.07 bits per heavy atom. The fraction of sp³-hybridized carbons (Fsp3) is 0.571. The Labute approximate surface area is 167 Å². The normalized spacial score (nSPS) is 12.5. The van der Waals surface area contributed by atoms with E-state index in [-0.39, 0.29) is 18.4 Å². The van der Waals surface area contributed by atoms with Crippen LogP contribution in [-0.4, -0.2) is 37.7 Å². The average molecular weight is 392 g/mol. The summed E-state index contributed by atoms with van der Waals surface area (Å²) < 4.78 is 9.88. The van der Waals surface area contributed by atoms with Crippen molar-refractivity contribution < 1.29 is 23.9 Å². The summed E-state index contributed by atoms with van der Waals surface area (Å²) in [7, 11) is 1.32. The molecule has 1 aromatic carbocycles. The lowest BCUT2D eigenvalue weighted by Gasteiger charge is -2.21. The van der Waals surface area contributed by atoms with Gasteiger partial charge in [0.1, 0.15) is 12.6 Å². The van der Waals surface area contributed by atoms with Gasteiger partial charge in [0.15, 0.2) is 0 Å². The molecule has 0 aromatic heterocycles. The first-order chi connectivity index (χ1) is 13.5. The van der Waals surface area contributed by atoms with Gasteiger partial charge in [-0.25, -0.2) is 9.59 Å². The lowest BCUT2D eigenvalue weighted by atomic mass is 9.99. The van der Waals surface area contributed by atoms with Crippen LogP contribution in [0.25, 0.3) is 0 Å². The average Bonchev–Trinajstić information content (AvgIpc) is 2.72. The molecule has 0 aliphatic rings. The second-order valence-corrected chi connectivity index (χ2v) is 6.75. The Morgan fingerprint density at radius 2 is 1.79 bits per heavy atom. The van der Waals surface area contributed by atoms with Gasteiger partial charge in [0.05, 0.1) is 7.11 Å². The second-order valence-electron chi connectivity index (χ2n) is 6.75. The molecule has 156 valence electrons. The number of amides is 2. The van der Waals surface area contributed by atoms with E-state index in [0.717, 1.165) is 24.8 Å². The van der Waals surface area contributed by atoms with Gasteiger partial charge in [0, 0.05) is 13.0 Å². The summed E-state index contributed by atoms with van der Waals surface area (Å²) in [6.45, 7) is 4.60. The number of carbonyl (C=O) groups is 3. The molecule has 0 radical (unpaired) electrons. The molecule has 0 unspecified atom stereocenters. The van der Waals surface area contributed by atoms with Gasteiger partial charge >= 0.3 is 12.1 Å². The Hall–Kier alpha value is -2.57. The summed E-state index contributed by atoms with van der Waals surface area (Å²) in [5, 5.41) is 5.45. The Balaban J connectivity index is 2.13. The molecule has 0 spiro atoms. The predicted molar refractivity (Wildman–Crippen MR) is 106 cm³/mol. The van der Waals surface area contributed by atoms with Gasteiger partial charge in [0.25, 0.3) is 0 Å². The zero-order valence-electron chi connectivity index (χ0n) is 17.0. The molecular weight excluding hydrogens is 360 g/mol. The number of alkyl carbamates (subject to hydrolysis) is 1. The van der Waals surface area contributed by atoms with Crippen molar-refractivity contribution in [2.24, 2.45) is 5.92 Å². The standard InChI is InChI=1S/C21H32N2O5/c1-4-16(2)19(20(25)27-3)23-18(24)13-9-6-10-14-22-21(26)28-15-17-11-7-5-8-12-17/h5,7-8,11-12,16,19H,4,6,9-10,13-15H2,1-3H3,(H,22,26)(H,23,24)/t16-,19-/m0/s1. The van der Waals surface area contributed by atoms with E-state index in [9.17, 15) is 14.4 Å². The molecule has 2 amide bonds. The van der Waals surface area contributed by atoms with E-state index in [1.165, 1.54) is 7.11 Å². The molecule has 1 rings (SSSR count). The van der Waals surface area contributed by atoms with Crippen molar-refractivity contribution in [3.8, 4) is 0 Å². The van der Waals surface area contributed by atoms with E-state index in [2.05, 4.69) is 10.6 Å². The van der Waals surface area contributed by atoms with E-state index in [1.54, 1.807) is 0 Å². The van der Waals surface area contributed by atoms with Crippen LogP contribution in [0.15, 0.2) is 30.3 Å². The molecule has 2 atom stereocenters. The van der Waals surface area contributed by atoms with Crippen molar-refractivity contribution in [3.63, 3.8) is 0 Å². The van der Waals surface area contributed by atoms with Crippen LogP contribution in [0.1, 0.15) is 51.5 Å². The van der Waals surface area contributed by atoms with Gasteiger partial charge in [-0.2, -0.15) is 0 Å². The Morgan fingerprint density at radius 3 is 2.43 bits per heavy atom. The number of carbonyl (C=O) groups excluding carboxylic acids is 3. The maximum absolute atomic E-state index is 12.0. The minimum Gasteiger partial charge on any atom is -0.467 e. The largest absolute Gasteiger partial charge is 0.467 e. The molecule has 0 aliphatic carbocycles. The predicted octanol–water partition coefficient (Wildman–Crippen LogP) is 3.18. The number of ether oxygens (including phenoxy) is 2. The molecule has 7 heteroatoms. The summed E-state index contributed by atoms with van der Waals surface area (Å²) in [4.78, 5) is 35.4. The Kier molecular flexibility index (Phi) is 11.4. The zero-order valence-corrected chi connectivity index (χ0v) is 17.0. The number of unbranched alkanes of at least 4 members (excludes halogenated alkanes) is 2. The highest BCUT2D eigenvalue weighted by atomic mass is 16.5. The van der Waals surface area contributed by atoms with Gasteiger partial charge < -0.3 is 20.1 Å². The highest BCUT2D eigenvalue weighted by Crippen LogP contribution is 2.10. The van der Waals surface area contributed by atoms with Crippen molar-refractivity contribution in [2.45, 2.75) is 58.6 Å². The second kappa shape index (κ2) is 13.6. The van der Waals surface area contributed by atoms with Gasteiger partial charge in [-0.1, -0.05) is 57.0 Å². The molecule has 2 N–H and O–H groups in total. The van der Waals surface area contributed by atoms with Crippen molar-refractivity contribution >= 4 is 18.0 Å². The lowest BCUT2D eigenvalue weighted by Crippen LogP contribution is -2.45. The summed E-state index contributed by atoms with van der Waals surface area (Å²) >= 11 is 0. The van der Waals surface area contributed by atoms with E-state index in [0.29, 0.717) is 19.4 Å². The molecular formula is C21H32N2O5. The van der Waals surface area contributed by atoms with Gasteiger partial charge in [-0.05, 0) is 24.3 Å². The number of benzene rings is 1. The molecule has 0 saturated heterocycles. The highest BCUT2D eigenvalue weighted by molar-refractivity contribution is 5.84. The van der Waals surface area contributed by atoms with Crippen molar-refractivity contribution in [1.82, 2.24) is 10.6 Å². The summed E-state index contributed by atoms with van der Waals surface area (Å²) in [5.74, 6) is -0.561. The topological polar surface area (TPSA) is 93.7 Å². The molecule has 0 fully saturated rings. The number of hydrogen-bond acceptors (Lipinski definition) is 5. The third-order valence-corrected chi connectivity index (χ3v) is 4.55. The smallest absolute Gasteiger partial charge is 0.407 e. The maximum Gasteiger partial charge on any atom is 0.407 e. The van der Waals surface area contributed by atoms with Crippen molar-refractivity contribution in [3.05, 3.63) is 35.9 Å². The highest BCUT2D eigenvalue weighted by Gasteiger charge is 2.26. The van der Waals surface area contributed by atoms with Crippen molar-refractivity contribution in [2.75, 3.05) is 13.7 Å². The third-order valence-electron chi connectivity index (χ3n) is 4.55. The summed E-state index contributed by atoms with van der Waals surface area (Å²) in [6, 6.07) is 8.87. The van der Waals surface area contributed by atoms with Crippen LogP contribution in [0.3, 0.4) is 0 Å². The van der Waals surface area contributed by atoms with Crippen LogP contribution in [0, 0.1) is 5.92 Å². The van der Waals surface area contributed by atoms with E-state index in [4.69, 9.17) is 9.47 Å².